The Labute approximate surface area is 133 Å². The quantitative estimate of drug-likeness (QED) is 0.730. The zero-order valence-electron chi connectivity index (χ0n) is 13.4. The van der Waals surface area contributed by atoms with Crippen molar-refractivity contribution in [3.05, 3.63) is 64.7 Å². The summed E-state index contributed by atoms with van der Waals surface area (Å²) in [6, 6.07) is 16.1. The lowest BCUT2D eigenvalue weighted by molar-refractivity contribution is 0.598. The van der Waals surface area contributed by atoms with Crippen LogP contribution in [0.3, 0.4) is 0 Å². The Kier molecular flexibility index (Phi) is 5.89. The van der Waals surface area contributed by atoms with Crippen LogP contribution in [0.4, 0.5) is 0 Å². The first-order chi connectivity index (χ1) is 10.1. The van der Waals surface area contributed by atoms with E-state index in [2.05, 4.69) is 75.5 Å². The largest absolute Gasteiger partial charge is 0.310 e. The Balaban J connectivity index is 1.97. The van der Waals surface area contributed by atoms with Crippen molar-refractivity contribution in [3.63, 3.8) is 0 Å². The fourth-order valence-corrected chi connectivity index (χ4v) is 3.42. The van der Waals surface area contributed by atoms with Crippen molar-refractivity contribution in [2.24, 2.45) is 0 Å². The van der Waals surface area contributed by atoms with Gasteiger partial charge >= 0.3 is 0 Å². The minimum atomic E-state index is 0.425. The molecule has 2 aromatic carbocycles. The summed E-state index contributed by atoms with van der Waals surface area (Å²) in [6.07, 6.45) is 0. The van der Waals surface area contributed by atoms with Gasteiger partial charge in [0.1, 0.15) is 0 Å². The average Bonchev–Trinajstić information content (AvgIpc) is 2.45. The summed E-state index contributed by atoms with van der Waals surface area (Å²) >= 11 is 1.90. The molecule has 0 amide bonds. The molecule has 0 aliphatic heterocycles. The Hall–Kier alpha value is -1.25. The summed E-state index contributed by atoms with van der Waals surface area (Å²) in [5, 5.41) is 3.44. The Morgan fingerprint density at radius 3 is 2.19 bits per heavy atom. The van der Waals surface area contributed by atoms with Gasteiger partial charge in [-0.3, -0.25) is 0 Å². The molecule has 0 saturated heterocycles. The van der Waals surface area contributed by atoms with E-state index in [0.717, 1.165) is 12.3 Å². The van der Waals surface area contributed by atoms with Gasteiger partial charge in [0.15, 0.2) is 0 Å². The zero-order chi connectivity index (χ0) is 15.2. The van der Waals surface area contributed by atoms with Crippen LogP contribution in [0.5, 0.6) is 0 Å². The summed E-state index contributed by atoms with van der Waals surface area (Å²) in [5.74, 6) is 1.03. The lowest BCUT2D eigenvalue weighted by Crippen LogP contribution is -2.17. The molecule has 1 unspecified atom stereocenters. The van der Waals surface area contributed by atoms with Crippen molar-refractivity contribution in [2.75, 3.05) is 6.54 Å². The van der Waals surface area contributed by atoms with E-state index in [1.807, 2.05) is 11.8 Å². The fraction of sp³-hybridized carbons (Fsp3) is 0.368. The van der Waals surface area contributed by atoms with Crippen molar-refractivity contribution in [1.82, 2.24) is 5.32 Å². The van der Waals surface area contributed by atoms with Crippen LogP contribution >= 0.6 is 11.8 Å². The topological polar surface area (TPSA) is 12.0 Å². The molecule has 1 nitrogen and oxygen atoms in total. The second kappa shape index (κ2) is 7.67. The van der Waals surface area contributed by atoms with Crippen molar-refractivity contribution in [1.29, 1.82) is 0 Å². The van der Waals surface area contributed by atoms with Gasteiger partial charge in [0.25, 0.3) is 0 Å². The van der Waals surface area contributed by atoms with E-state index in [9.17, 15) is 0 Å². The third-order valence-corrected chi connectivity index (χ3v) is 4.66. The van der Waals surface area contributed by atoms with Gasteiger partial charge in [-0.15, -0.1) is 11.8 Å². The molecule has 0 radical (unpaired) electrons. The van der Waals surface area contributed by atoms with Crippen LogP contribution in [0, 0.1) is 13.8 Å². The van der Waals surface area contributed by atoms with E-state index < -0.39 is 0 Å². The molecule has 2 aromatic rings. The molecule has 2 heteroatoms. The monoisotopic (exact) mass is 299 g/mol. The summed E-state index contributed by atoms with van der Waals surface area (Å²) in [4.78, 5) is 1.33. The van der Waals surface area contributed by atoms with E-state index in [4.69, 9.17) is 0 Å². The molecule has 0 bridgehead atoms. The van der Waals surface area contributed by atoms with Crippen LogP contribution in [0.2, 0.25) is 0 Å². The van der Waals surface area contributed by atoms with E-state index in [1.165, 1.54) is 27.1 Å². The number of hydrogen-bond donors (Lipinski definition) is 1. The fourth-order valence-electron chi connectivity index (χ4n) is 2.60. The molecule has 0 saturated carbocycles. The third kappa shape index (κ3) is 4.90. The molecule has 2 rings (SSSR count). The maximum Gasteiger partial charge on any atom is 0.0291 e. The Morgan fingerprint density at radius 2 is 1.62 bits per heavy atom. The van der Waals surface area contributed by atoms with E-state index in [0.29, 0.717) is 6.04 Å². The highest BCUT2D eigenvalue weighted by Gasteiger charge is 2.04. The van der Waals surface area contributed by atoms with Gasteiger partial charge in [-0.05, 0) is 50.6 Å². The van der Waals surface area contributed by atoms with Crippen LogP contribution in [-0.4, -0.2) is 6.54 Å². The van der Waals surface area contributed by atoms with Crippen LogP contribution in [-0.2, 0) is 5.75 Å². The Morgan fingerprint density at radius 1 is 1.00 bits per heavy atom. The SMILES string of the molecule is CCNC(C)c1ccc(SCc2cc(C)cc(C)c2)cc1. The standard InChI is InChI=1S/C19H25NS/c1-5-20-16(4)18-6-8-19(9-7-18)21-13-17-11-14(2)10-15(3)12-17/h6-12,16,20H,5,13H2,1-4H3. The summed E-state index contributed by atoms with van der Waals surface area (Å²) in [6.45, 7) is 9.69. The predicted octanol–water partition coefficient (Wildman–Crippen LogP) is 5.27. The molecule has 0 aromatic heterocycles. The summed E-state index contributed by atoms with van der Waals surface area (Å²) in [7, 11) is 0. The lowest BCUT2D eigenvalue weighted by atomic mass is 10.1. The molecule has 112 valence electrons. The second-order valence-corrected chi connectivity index (χ2v) is 6.68. The maximum absolute atomic E-state index is 3.44. The summed E-state index contributed by atoms with van der Waals surface area (Å²) < 4.78 is 0. The number of nitrogens with one attached hydrogen (secondary N) is 1. The zero-order valence-corrected chi connectivity index (χ0v) is 14.3. The van der Waals surface area contributed by atoms with Crippen molar-refractivity contribution in [3.8, 4) is 0 Å². The maximum atomic E-state index is 3.44. The Bertz CT molecular complexity index is 554. The number of hydrogen-bond acceptors (Lipinski definition) is 2. The minimum Gasteiger partial charge on any atom is -0.310 e. The van der Waals surface area contributed by atoms with Crippen molar-refractivity contribution >= 4 is 11.8 Å². The number of rotatable bonds is 6. The molecule has 0 aliphatic rings. The van der Waals surface area contributed by atoms with Gasteiger partial charge in [-0.25, -0.2) is 0 Å². The van der Waals surface area contributed by atoms with E-state index in [1.54, 1.807) is 0 Å². The van der Waals surface area contributed by atoms with Crippen LogP contribution in [0.15, 0.2) is 47.4 Å². The average molecular weight is 299 g/mol. The van der Waals surface area contributed by atoms with Crippen LogP contribution in [0.1, 0.15) is 42.1 Å². The van der Waals surface area contributed by atoms with Crippen molar-refractivity contribution < 1.29 is 0 Å². The molecule has 1 atom stereocenters. The molecule has 0 heterocycles. The number of aryl methyl sites for hydroxylation is 2. The van der Waals surface area contributed by atoms with Gasteiger partial charge in [0, 0.05) is 16.7 Å². The van der Waals surface area contributed by atoms with Crippen LogP contribution < -0.4 is 5.32 Å². The van der Waals surface area contributed by atoms with E-state index >= 15 is 0 Å². The smallest absolute Gasteiger partial charge is 0.0291 e. The molecular formula is C19H25NS. The molecule has 1 N–H and O–H groups in total. The lowest BCUT2D eigenvalue weighted by Gasteiger charge is -2.13. The van der Waals surface area contributed by atoms with Crippen molar-refractivity contribution in [2.45, 2.75) is 44.4 Å². The number of benzene rings is 2. The molecule has 0 fully saturated rings. The van der Waals surface area contributed by atoms with Gasteiger partial charge in [-0.2, -0.15) is 0 Å². The third-order valence-electron chi connectivity index (χ3n) is 3.58. The highest BCUT2D eigenvalue weighted by atomic mass is 32.2. The van der Waals surface area contributed by atoms with Gasteiger partial charge < -0.3 is 5.32 Å². The predicted molar refractivity (Wildman–Crippen MR) is 94.0 cm³/mol. The van der Waals surface area contributed by atoms with Gasteiger partial charge in [0.05, 0.1) is 0 Å². The van der Waals surface area contributed by atoms with Crippen LogP contribution in [0.25, 0.3) is 0 Å². The van der Waals surface area contributed by atoms with E-state index in [-0.39, 0.29) is 0 Å². The number of thioether (sulfide) groups is 1. The second-order valence-electron chi connectivity index (χ2n) is 5.63. The first kappa shape index (κ1) is 16.1. The molecule has 0 spiro atoms. The highest BCUT2D eigenvalue weighted by Crippen LogP contribution is 2.25. The molecule has 21 heavy (non-hydrogen) atoms. The summed E-state index contributed by atoms with van der Waals surface area (Å²) in [5.41, 5.74) is 5.45. The highest BCUT2D eigenvalue weighted by molar-refractivity contribution is 7.98. The minimum absolute atomic E-state index is 0.425. The first-order valence-electron chi connectivity index (χ1n) is 7.62. The van der Waals surface area contributed by atoms with Gasteiger partial charge in [0.2, 0.25) is 0 Å². The van der Waals surface area contributed by atoms with Gasteiger partial charge in [-0.1, -0.05) is 48.4 Å². The normalized spacial score (nSPS) is 12.4. The first-order valence-corrected chi connectivity index (χ1v) is 8.60. The molecular weight excluding hydrogens is 274 g/mol. The molecule has 0 aliphatic carbocycles.